The normalized spacial score (nSPS) is 15.8. The number of carbonyl (C=O) groups is 1. The maximum absolute atomic E-state index is 12.0. The van der Waals surface area contributed by atoms with E-state index in [-0.39, 0.29) is 11.8 Å². The highest BCUT2D eigenvalue weighted by molar-refractivity contribution is 5.95. The summed E-state index contributed by atoms with van der Waals surface area (Å²) in [5, 5.41) is 10.1. The van der Waals surface area contributed by atoms with Gasteiger partial charge in [-0.1, -0.05) is 26.0 Å². The highest BCUT2D eigenvalue weighted by Gasteiger charge is 2.27. The third kappa shape index (κ3) is 3.17. The standard InChI is InChI=1S/C16H21N5O/c1-9(2)13(17)16(22)18-12-5-3-4-11(8-12)15-19-14(20-21-15)10-6-7-10/h3-5,8-10,13H,6-7,17H2,1-2H3,(H,18,22)(H,19,20,21)/t13-/m0/s1. The van der Waals surface area contributed by atoms with Crippen molar-refractivity contribution in [2.24, 2.45) is 11.7 Å². The summed E-state index contributed by atoms with van der Waals surface area (Å²) in [6, 6.07) is 6.98. The number of amides is 1. The number of benzene rings is 1. The number of anilines is 1. The number of rotatable bonds is 5. The predicted octanol–water partition coefficient (Wildman–Crippen LogP) is 2.27. The molecule has 1 amide bonds. The first-order chi connectivity index (χ1) is 10.5. The summed E-state index contributed by atoms with van der Waals surface area (Å²) in [4.78, 5) is 16.6. The second-order valence-corrected chi connectivity index (χ2v) is 6.16. The fraction of sp³-hybridized carbons (Fsp3) is 0.438. The lowest BCUT2D eigenvalue weighted by Crippen LogP contribution is -2.39. The zero-order valence-electron chi connectivity index (χ0n) is 12.8. The van der Waals surface area contributed by atoms with E-state index in [1.807, 2.05) is 38.1 Å². The molecule has 4 N–H and O–H groups in total. The van der Waals surface area contributed by atoms with Crippen molar-refractivity contribution < 1.29 is 4.79 Å². The molecule has 1 heterocycles. The van der Waals surface area contributed by atoms with Gasteiger partial charge in [0.05, 0.1) is 6.04 Å². The molecule has 2 aromatic rings. The van der Waals surface area contributed by atoms with E-state index in [4.69, 9.17) is 5.73 Å². The maximum Gasteiger partial charge on any atom is 0.241 e. The quantitative estimate of drug-likeness (QED) is 0.789. The molecule has 1 aromatic carbocycles. The average Bonchev–Trinajstić information content (AvgIpc) is 3.24. The molecule has 0 aliphatic heterocycles. The summed E-state index contributed by atoms with van der Waals surface area (Å²) in [5.41, 5.74) is 7.44. The van der Waals surface area contributed by atoms with Crippen LogP contribution in [0.25, 0.3) is 11.4 Å². The number of H-pyrrole nitrogens is 1. The predicted molar refractivity (Wildman–Crippen MR) is 85.2 cm³/mol. The van der Waals surface area contributed by atoms with Crippen LogP contribution in [0.5, 0.6) is 0 Å². The molecule has 1 aromatic heterocycles. The van der Waals surface area contributed by atoms with Crippen molar-refractivity contribution in [3.05, 3.63) is 30.1 Å². The maximum atomic E-state index is 12.0. The van der Waals surface area contributed by atoms with E-state index in [0.717, 1.165) is 11.4 Å². The first-order valence-corrected chi connectivity index (χ1v) is 7.64. The Morgan fingerprint density at radius 1 is 1.41 bits per heavy atom. The van der Waals surface area contributed by atoms with Gasteiger partial charge in [-0.3, -0.25) is 9.89 Å². The number of nitrogens with two attached hydrogens (primary N) is 1. The van der Waals surface area contributed by atoms with E-state index in [9.17, 15) is 4.79 Å². The van der Waals surface area contributed by atoms with Crippen LogP contribution in [0.1, 0.15) is 38.4 Å². The molecule has 3 rings (SSSR count). The van der Waals surface area contributed by atoms with Gasteiger partial charge in [0.2, 0.25) is 5.91 Å². The second kappa shape index (κ2) is 5.88. The fourth-order valence-electron chi connectivity index (χ4n) is 2.21. The molecule has 116 valence electrons. The average molecular weight is 299 g/mol. The van der Waals surface area contributed by atoms with Crippen LogP contribution in [0.3, 0.4) is 0 Å². The van der Waals surface area contributed by atoms with Crippen molar-refractivity contribution in [2.75, 3.05) is 5.32 Å². The Balaban J connectivity index is 1.75. The van der Waals surface area contributed by atoms with Gasteiger partial charge in [0, 0.05) is 17.2 Å². The Labute approximate surface area is 129 Å². The molecule has 1 saturated carbocycles. The van der Waals surface area contributed by atoms with Crippen LogP contribution in [0.2, 0.25) is 0 Å². The van der Waals surface area contributed by atoms with E-state index in [0.29, 0.717) is 17.4 Å². The summed E-state index contributed by atoms with van der Waals surface area (Å²) in [6.45, 7) is 3.85. The highest BCUT2D eigenvalue weighted by Crippen LogP contribution is 2.38. The molecule has 0 unspecified atom stereocenters. The van der Waals surface area contributed by atoms with E-state index < -0.39 is 6.04 Å². The van der Waals surface area contributed by atoms with Gasteiger partial charge in [-0.15, -0.1) is 0 Å². The zero-order valence-corrected chi connectivity index (χ0v) is 12.8. The Hall–Kier alpha value is -2.21. The molecule has 0 radical (unpaired) electrons. The highest BCUT2D eigenvalue weighted by atomic mass is 16.2. The molecule has 6 heteroatoms. The minimum absolute atomic E-state index is 0.0947. The summed E-state index contributed by atoms with van der Waals surface area (Å²) in [5.74, 6) is 2.06. The molecule has 0 saturated heterocycles. The minimum Gasteiger partial charge on any atom is -0.325 e. The van der Waals surface area contributed by atoms with E-state index in [1.165, 1.54) is 12.8 Å². The molecule has 1 atom stereocenters. The van der Waals surface area contributed by atoms with Gasteiger partial charge >= 0.3 is 0 Å². The van der Waals surface area contributed by atoms with Gasteiger partial charge in [-0.05, 0) is 30.9 Å². The van der Waals surface area contributed by atoms with E-state index in [1.54, 1.807) is 0 Å². The van der Waals surface area contributed by atoms with Crippen molar-refractivity contribution in [2.45, 2.75) is 38.6 Å². The SMILES string of the molecule is CC(C)[C@H](N)C(=O)Nc1cccc(-c2n[nH]c(C3CC3)n2)c1. The Kier molecular flexibility index (Phi) is 3.94. The fourth-order valence-corrected chi connectivity index (χ4v) is 2.21. The first kappa shape index (κ1) is 14.7. The third-order valence-electron chi connectivity index (χ3n) is 3.88. The van der Waals surface area contributed by atoms with Crippen molar-refractivity contribution >= 4 is 11.6 Å². The monoisotopic (exact) mass is 299 g/mol. The summed E-state index contributed by atoms with van der Waals surface area (Å²) < 4.78 is 0. The number of nitrogens with zero attached hydrogens (tertiary/aromatic N) is 2. The van der Waals surface area contributed by atoms with E-state index >= 15 is 0 Å². The van der Waals surface area contributed by atoms with Crippen LogP contribution in [0.15, 0.2) is 24.3 Å². The third-order valence-corrected chi connectivity index (χ3v) is 3.88. The molecule has 0 bridgehead atoms. The number of hydrogen-bond donors (Lipinski definition) is 3. The van der Waals surface area contributed by atoms with Crippen molar-refractivity contribution in [3.8, 4) is 11.4 Å². The summed E-state index contributed by atoms with van der Waals surface area (Å²) in [6.07, 6.45) is 2.36. The molecule has 0 spiro atoms. The molecule has 1 fully saturated rings. The Bertz CT molecular complexity index is 675. The number of nitrogens with one attached hydrogen (secondary N) is 2. The van der Waals surface area contributed by atoms with Crippen LogP contribution >= 0.6 is 0 Å². The molecular formula is C16H21N5O. The van der Waals surface area contributed by atoms with Gasteiger partial charge < -0.3 is 11.1 Å². The number of aromatic amines is 1. The number of carbonyl (C=O) groups excluding carboxylic acids is 1. The van der Waals surface area contributed by atoms with Gasteiger partial charge in [-0.25, -0.2) is 4.98 Å². The zero-order chi connectivity index (χ0) is 15.7. The summed E-state index contributed by atoms with van der Waals surface area (Å²) in [7, 11) is 0. The van der Waals surface area contributed by atoms with Crippen LogP contribution in [0, 0.1) is 5.92 Å². The molecule has 1 aliphatic rings. The van der Waals surface area contributed by atoms with Crippen molar-refractivity contribution in [3.63, 3.8) is 0 Å². The first-order valence-electron chi connectivity index (χ1n) is 7.64. The van der Waals surface area contributed by atoms with Crippen LogP contribution in [-0.4, -0.2) is 27.1 Å². The van der Waals surface area contributed by atoms with Gasteiger partial charge in [0.15, 0.2) is 5.82 Å². The number of aromatic nitrogens is 3. The lowest BCUT2D eigenvalue weighted by atomic mass is 10.0. The Morgan fingerprint density at radius 2 is 2.18 bits per heavy atom. The molecule has 22 heavy (non-hydrogen) atoms. The lowest BCUT2D eigenvalue weighted by molar-refractivity contribution is -0.118. The number of hydrogen-bond acceptors (Lipinski definition) is 4. The van der Waals surface area contributed by atoms with Crippen LogP contribution < -0.4 is 11.1 Å². The topological polar surface area (TPSA) is 96.7 Å². The van der Waals surface area contributed by atoms with Gasteiger partial charge in [0.1, 0.15) is 5.82 Å². The largest absolute Gasteiger partial charge is 0.325 e. The minimum atomic E-state index is -0.520. The summed E-state index contributed by atoms with van der Waals surface area (Å²) >= 11 is 0. The van der Waals surface area contributed by atoms with Gasteiger partial charge in [-0.2, -0.15) is 5.10 Å². The van der Waals surface area contributed by atoms with Crippen LogP contribution in [0.4, 0.5) is 5.69 Å². The van der Waals surface area contributed by atoms with Gasteiger partial charge in [0.25, 0.3) is 0 Å². The lowest BCUT2D eigenvalue weighted by Gasteiger charge is -2.15. The van der Waals surface area contributed by atoms with E-state index in [2.05, 4.69) is 20.5 Å². The smallest absolute Gasteiger partial charge is 0.241 e. The van der Waals surface area contributed by atoms with Crippen LogP contribution in [-0.2, 0) is 4.79 Å². The Morgan fingerprint density at radius 3 is 2.86 bits per heavy atom. The molecule has 6 nitrogen and oxygen atoms in total. The molecule has 1 aliphatic carbocycles. The van der Waals surface area contributed by atoms with Crippen molar-refractivity contribution in [1.29, 1.82) is 0 Å². The second-order valence-electron chi connectivity index (χ2n) is 6.16. The molecular weight excluding hydrogens is 278 g/mol. The van der Waals surface area contributed by atoms with Crippen molar-refractivity contribution in [1.82, 2.24) is 15.2 Å².